The maximum Gasteiger partial charge on any atom is 0.274 e. The summed E-state index contributed by atoms with van der Waals surface area (Å²) in [7, 11) is 1.93. The van der Waals surface area contributed by atoms with Gasteiger partial charge in [-0.05, 0) is 38.8 Å². The summed E-state index contributed by atoms with van der Waals surface area (Å²) in [4.78, 5) is 14.4. The van der Waals surface area contributed by atoms with Crippen molar-refractivity contribution in [1.29, 1.82) is 0 Å². The SMILES string of the molecule is CNCC1CCCN1C(=O)c1cc(C2CC2)[nH]n1.Cl. The second-order valence-electron chi connectivity index (χ2n) is 5.34. The van der Waals surface area contributed by atoms with Crippen LogP contribution >= 0.6 is 12.4 Å². The molecular weight excluding hydrogens is 264 g/mol. The molecule has 1 amide bonds. The highest BCUT2D eigenvalue weighted by Gasteiger charge is 2.31. The molecule has 1 aromatic heterocycles. The van der Waals surface area contributed by atoms with E-state index in [0.717, 1.165) is 31.6 Å². The van der Waals surface area contributed by atoms with Crippen LogP contribution in [0.1, 0.15) is 47.8 Å². The summed E-state index contributed by atoms with van der Waals surface area (Å²) in [6, 6.07) is 2.26. The lowest BCUT2D eigenvalue weighted by Gasteiger charge is -2.23. The number of nitrogens with one attached hydrogen (secondary N) is 2. The zero-order valence-corrected chi connectivity index (χ0v) is 12.0. The average Bonchev–Trinajstić information content (AvgIpc) is 2.93. The van der Waals surface area contributed by atoms with Gasteiger partial charge < -0.3 is 10.2 Å². The van der Waals surface area contributed by atoms with Crippen molar-refractivity contribution in [3.05, 3.63) is 17.5 Å². The minimum absolute atomic E-state index is 0. The largest absolute Gasteiger partial charge is 0.333 e. The van der Waals surface area contributed by atoms with Gasteiger partial charge in [-0.2, -0.15) is 5.10 Å². The van der Waals surface area contributed by atoms with Gasteiger partial charge in [0.1, 0.15) is 5.69 Å². The number of halogens is 1. The Balaban J connectivity index is 0.00000133. The van der Waals surface area contributed by atoms with E-state index in [2.05, 4.69) is 15.5 Å². The smallest absolute Gasteiger partial charge is 0.274 e. The van der Waals surface area contributed by atoms with Gasteiger partial charge in [-0.15, -0.1) is 12.4 Å². The van der Waals surface area contributed by atoms with Gasteiger partial charge in [-0.25, -0.2) is 0 Å². The Morgan fingerprint density at radius 3 is 3.00 bits per heavy atom. The van der Waals surface area contributed by atoms with Gasteiger partial charge in [0.05, 0.1) is 0 Å². The molecular formula is C13H21ClN4O. The third-order valence-electron chi connectivity index (χ3n) is 3.91. The lowest BCUT2D eigenvalue weighted by Crippen LogP contribution is -2.41. The van der Waals surface area contributed by atoms with E-state index in [1.165, 1.54) is 12.8 Å². The van der Waals surface area contributed by atoms with Crippen LogP contribution in [0.15, 0.2) is 6.07 Å². The van der Waals surface area contributed by atoms with Gasteiger partial charge >= 0.3 is 0 Å². The van der Waals surface area contributed by atoms with Crippen LogP contribution in [0.25, 0.3) is 0 Å². The van der Waals surface area contributed by atoms with E-state index in [1.807, 2.05) is 18.0 Å². The van der Waals surface area contributed by atoms with Crippen LogP contribution in [0.5, 0.6) is 0 Å². The first-order valence-corrected chi connectivity index (χ1v) is 6.80. The molecule has 2 heterocycles. The number of rotatable bonds is 4. The summed E-state index contributed by atoms with van der Waals surface area (Å²) in [6.45, 7) is 1.72. The summed E-state index contributed by atoms with van der Waals surface area (Å²) >= 11 is 0. The van der Waals surface area contributed by atoms with Crippen LogP contribution in [0, 0.1) is 0 Å². The van der Waals surface area contributed by atoms with Gasteiger partial charge in [0.15, 0.2) is 0 Å². The molecule has 2 N–H and O–H groups in total. The van der Waals surface area contributed by atoms with Crippen LogP contribution in [-0.4, -0.2) is 47.2 Å². The topological polar surface area (TPSA) is 61.0 Å². The fourth-order valence-electron chi connectivity index (χ4n) is 2.75. The van der Waals surface area contributed by atoms with Gasteiger partial charge in [0.25, 0.3) is 5.91 Å². The molecule has 1 saturated carbocycles. The molecule has 1 unspecified atom stereocenters. The van der Waals surface area contributed by atoms with Crippen molar-refractivity contribution < 1.29 is 4.79 Å². The first kappa shape index (κ1) is 14.3. The molecule has 2 fully saturated rings. The number of carbonyl (C=O) groups is 1. The Hall–Kier alpha value is -1.07. The predicted molar refractivity (Wildman–Crippen MR) is 75.8 cm³/mol. The standard InChI is InChI=1S/C13H20N4O.ClH/c1-14-8-10-3-2-6-17(10)13(18)12-7-11(15-16-12)9-4-5-9;/h7,9-10,14H,2-6,8H2,1H3,(H,15,16);1H. The Morgan fingerprint density at radius 1 is 1.53 bits per heavy atom. The first-order valence-electron chi connectivity index (χ1n) is 6.80. The number of nitrogens with zero attached hydrogens (tertiary/aromatic N) is 2. The van der Waals surface area contributed by atoms with E-state index in [4.69, 9.17) is 0 Å². The summed E-state index contributed by atoms with van der Waals surface area (Å²) in [5, 5.41) is 10.3. The van der Waals surface area contributed by atoms with E-state index >= 15 is 0 Å². The molecule has 1 aliphatic heterocycles. The molecule has 1 atom stereocenters. The third-order valence-corrected chi connectivity index (χ3v) is 3.91. The fraction of sp³-hybridized carbons (Fsp3) is 0.692. The lowest BCUT2D eigenvalue weighted by molar-refractivity contribution is 0.0731. The summed E-state index contributed by atoms with van der Waals surface area (Å²) in [5.41, 5.74) is 1.71. The molecule has 5 nitrogen and oxygen atoms in total. The molecule has 19 heavy (non-hydrogen) atoms. The average molecular weight is 285 g/mol. The molecule has 0 aromatic carbocycles. The third kappa shape index (κ3) is 2.92. The second kappa shape index (κ2) is 5.92. The van der Waals surface area contributed by atoms with Gasteiger partial charge in [0.2, 0.25) is 0 Å². The minimum atomic E-state index is 0. The van der Waals surface area contributed by atoms with Crippen molar-refractivity contribution >= 4 is 18.3 Å². The number of likely N-dealkylation sites (tertiary alicyclic amines) is 1. The Labute approximate surface area is 119 Å². The maximum atomic E-state index is 12.4. The Kier molecular flexibility index (Phi) is 4.47. The van der Waals surface area contributed by atoms with Crippen LogP contribution in [0.3, 0.4) is 0 Å². The highest BCUT2D eigenvalue weighted by Crippen LogP contribution is 2.39. The number of carbonyl (C=O) groups excluding carboxylic acids is 1. The molecule has 2 aliphatic rings. The van der Waals surface area contributed by atoms with E-state index in [1.54, 1.807) is 0 Å². The molecule has 1 aliphatic carbocycles. The van der Waals surface area contributed by atoms with Crippen molar-refractivity contribution in [2.24, 2.45) is 0 Å². The monoisotopic (exact) mass is 284 g/mol. The van der Waals surface area contributed by atoms with E-state index in [-0.39, 0.29) is 18.3 Å². The quantitative estimate of drug-likeness (QED) is 0.881. The molecule has 1 aromatic rings. The zero-order valence-electron chi connectivity index (χ0n) is 11.2. The van der Waals surface area contributed by atoms with Crippen LogP contribution in [0.2, 0.25) is 0 Å². The minimum Gasteiger partial charge on any atom is -0.333 e. The fourth-order valence-corrected chi connectivity index (χ4v) is 2.75. The maximum absolute atomic E-state index is 12.4. The predicted octanol–water partition coefficient (Wildman–Crippen LogP) is 1.53. The molecule has 1 saturated heterocycles. The number of aromatic nitrogens is 2. The van der Waals surface area contributed by atoms with Crippen molar-refractivity contribution in [3.63, 3.8) is 0 Å². The summed E-state index contributed by atoms with van der Waals surface area (Å²) in [5.74, 6) is 0.696. The van der Waals surface area contributed by atoms with E-state index < -0.39 is 0 Å². The highest BCUT2D eigenvalue weighted by atomic mass is 35.5. The van der Waals surface area contributed by atoms with Gasteiger partial charge in [-0.3, -0.25) is 9.89 Å². The summed E-state index contributed by atoms with van der Waals surface area (Å²) < 4.78 is 0. The number of H-pyrrole nitrogens is 1. The summed E-state index contributed by atoms with van der Waals surface area (Å²) in [6.07, 6.45) is 4.63. The second-order valence-corrected chi connectivity index (χ2v) is 5.34. The highest BCUT2D eigenvalue weighted by molar-refractivity contribution is 5.92. The van der Waals surface area contributed by atoms with Crippen molar-refractivity contribution in [3.8, 4) is 0 Å². The zero-order chi connectivity index (χ0) is 12.5. The van der Waals surface area contributed by atoms with E-state index in [9.17, 15) is 4.79 Å². The van der Waals surface area contributed by atoms with Crippen molar-refractivity contribution in [2.45, 2.75) is 37.6 Å². The molecule has 0 radical (unpaired) electrons. The van der Waals surface area contributed by atoms with Crippen LogP contribution in [0.4, 0.5) is 0 Å². The number of amides is 1. The number of aromatic amines is 1. The number of likely N-dealkylation sites (N-methyl/N-ethyl adjacent to an activating group) is 1. The lowest BCUT2D eigenvalue weighted by atomic mass is 10.2. The first-order chi connectivity index (χ1) is 8.79. The van der Waals surface area contributed by atoms with Crippen LogP contribution in [-0.2, 0) is 0 Å². The molecule has 6 heteroatoms. The normalized spacial score (nSPS) is 22.4. The molecule has 0 bridgehead atoms. The molecule has 3 rings (SSSR count). The van der Waals surface area contributed by atoms with Gasteiger partial charge in [-0.1, -0.05) is 0 Å². The van der Waals surface area contributed by atoms with Gasteiger partial charge in [0, 0.05) is 30.7 Å². The van der Waals surface area contributed by atoms with Crippen molar-refractivity contribution in [1.82, 2.24) is 20.4 Å². The van der Waals surface area contributed by atoms with Crippen molar-refractivity contribution in [2.75, 3.05) is 20.1 Å². The Bertz CT molecular complexity index is 444. The number of hydrogen-bond acceptors (Lipinski definition) is 3. The number of hydrogen-bond donors (Lipinski definition) is 2. The van der Waals surface area contributed by atoms with Crippen LogP contribution < -0.4 is 5.32 Å². The molecule has 106 valence electrons. The van der Waals surface area contributed by atoms with E-state index in [0.29, 0.717) is 17.7 Å². The molecule has 0 spiro atoms. The Morgan fingerprint density at radius 2 is 2.32 bits per heavy atom.